The maximum atomic E-state index is 12.9. The SMILES string of the molecule is CC.CNc1nccc(-c2cccnc2Oc2ccc(NC(=O)c3cccc(CNCCN(C)C)c3)cc2C)n1. The van der Waals surface area contributed by atoms with Crippen LogP contribution in [-0.2, 0) is 6.54 Å². The Kier molecular flexibility index (Phi) is 11.6. The maximum absolute atomic E-state index is 12.9. The number of pyridine rings is 1. The second-order valence-electron chi connectivity index (χ2n) is 9.09. The predicted molar refractivity (Wildman–Crippen MR) is 162 cm³/mol. The van der Waals surface area contributed by atoms with Crippen LogP contribution in [0, 0.1) is 6.92 Å². The van der Waals surface area contributed by atoms with Crippen molar-refractivity contribution in [1.29, 1.82) is 0 Å². The summed E-state index contributed by atoms with van der Waals surface area (Å²) in [7, 11) is 5.86. The summed E-state index contributed by atoms with van der Waals surface area (Å²) in [4.78, 5) is 28.1. The number of hydrogen-bond acceptors (Lipinski definition) is 8. The molecule has 0 fully saturated rings. The van der Waals surface area contributed by atoms with Crippen molar-refractivity contribution < 1.29 is 9.53 Å². The van der Waals surface area contributed by atoms with E-state index in [2.05, 4.69) is 35.8 Å². The highest BCUT2D eigenvalue weighted by Gasteiger charge is 2.13. The number of rotatable bonds is 11. The molecule has 2 aromatic carbocycles. The summed E-state index contributed by atoms with van der Waals surface area (Å²) in [5, 5.41) is 9.33. The quantitative estimate of drug-likeness (QED) is 0.211. The van der Waals surface area contributed by atoms with Crippen molar-refractivity contribution in [2.75, 3.05) is 44.9 Å². The van der Waals surface area contributed by atoms with Crippen molar-refractivity contribution in [2.24, 2.45) is 0 Å². The number of benzene rings is 2. The molecule has 0 aliphatic carbocycles. The van der Waals surface area contributed by atoms with Gasteiger partial charge in [0.05, 0.1) is 11.3 Å². The van der Waals surface area contributed by atoms with Crippen LogP contribution in [-0.4, -0.2) is 60.0 Å². The van der Waals surface area contributed by atoms with Crippen LogP contribution >= 0.6 is 0 Å². The van der Waals surface area contributed by atoms with E-state index in [0.29, 0.717) is 41.1 Å². The molecule has 0 spiro atoms. The molecule has 3 N–H and O–H groups in total. The number of aryl methyl sites for hydroxylation is 1. The molecule has 40 heavy (non-hydrogen) atoms. The van der Waals surface area contributed by atoms with E-state index in [0.717, 1.165) is 29.8 Å². The van der Waals surface area contributed by atoms with Gasteiger partial charge in [-0.3, -0.25) is 4.79 Å². The Morgan fingerprint density at radius 2 is 1.80 bits per heavy atom. The largest absolute Gasteiger partial charge is 0.438 e. The number of nitrogens with one attached hydrogen (secondary N) is 3. The highest BCUT2D eigenvalue weighted by atomic mass is 16.5. The van der Waals surface area contributed by atoms with Gasteiger partial charge in [0.15, 0.2) is 0 Å². The molecular weight excluding hydrogens is 502 g/mol. The summed E-state index contributed by atoms with van der Waals surface area (Å²) in [6, 6.07) is 18.7. The minimum absolute atomic E-state index is 0.163. The van der Waals surface area contributed by atoms with Crippen LogP contribution in [0.4, 0.5) is 11.6 Å². The Labute approximate surface area is 237 Å². The van der Waals surface area contributed by atoms with Gasteiger partial charge in [-0.15, -0.1) is 0 Å². The maximum Gasteiger partial charge on any atom is 0.255 e. The van der Waals surface area contributed by atoms with E-state index < -0.39 is 0 Å². The van der Waals surface area contributed by atoms with Crippen molar-refractivity contribution in [1.82, 2.24) is 25.2 Å². The second kappa shape index (κ2) is 15.3. The van der Waals surface area contributed by atoms with E-state index >= 15 is 0 Å². The van der Waals surface area contributed by atoms with Gasteiger partial charge < -0.3 is 25.6 Å². The normalized spacial score (nSPS) is 10.5. The lowest BCUT2D eigenvalue weighted by molar-refractivity contribution is 0.102. The molecule has 0 aliphatic rings. The summed E-state index contributed by atoms with van der Waals surface area (Å²) in [5.41, 5.74) is 4.66. The zero-order chi connectivity index (χ0) is 28.9. The summed E-state index contributed by atoms with van der Waals surface area (Å²) in [5.74, 6) is 1.42. The number of likely N-dealkylation sites (N-methyl/N-ethyl adjacent to an activating group) is 1. The summed E-state index contributed by atoms with van der Waals surface area (Å²) in [6.45, 7) is 8.48. The van der Waals surface area contributed by atoms with Gasteiger partial charge in [0.2, 0.25) is 11.8 Å². The van der Waals surface area contributed by atoms with Crippen LogP contribution in [0.2, 0.25) is 0 Å². The average Bonchev–Trinajstić information content (AvgIpc) is 2.98. The summed E-state index contributed by atoms with van der Waals surface area (Å²) >= 11 is 0. The number of carbonyl (C=O) groups excluding carboxylic acids is 1. The monoisotopic (exact) mass is 541 g/mol. The fourth-order valence-electron chi connectivity index (χ4n) is 3.80. The van der Waals surface area contributed by atoms with Gasteiger partial charge in [0.1, 0.15) is 5.75 Å². The molecule has 0 aliphatic heterocycles. The summed E-state index contributed by atoms with van der Waals surface area (Å²) < 4.78 is 6.18. The first kappa shape index (κ1) is 30.2. The number of amides is 1. The van der Waals surface area contributed by atoms with E-state index in [1.807, 2.05) is 95.5 Å². The third-order valence-electron chi connectivity index (χ3n) is 5.82. The van der Waals surface area contributed by atoms with Crippen molar-refractivity contribution in [3.05, 3.63) is 89.7 Å². The minimum atomic E-state index is -0.163. The van der Waals surface area contributed by atoms with Crippen LogP contribution in [0.5, 0.6) is 11.6 Å². The molecule has 2 heterocycles. The van der Waals surface area contributed by atoms with E-state index in [1.165, 1.54) is 0 Å². The van der Waals surface area contributed by atoms with E-state index in [4.69, 9.17) is 4.74 Å². The van der Waals surface area contributed by atoms with E-state index in [-0.39, 0.29) is 5.91 Å². The lowest BCUT2D eigenvalue weighted by Crippen LogP contribution is -2.26. The Bertz CT molecular complexity index is 1390. The standard InChI is InChI=1S/C29H33N7O2.C2H6/c1-20-17-23(34-27(37)22-8-5-7-21(18-22)19-31-15-16-36(3)4)10-11-26(20)38-28-24(9-6-13-32-28)25-12-14-33-29(30-2)35-25;1-2/h5-14,17-18,31H,15-16,19H2,1-4H3,(H,34,37)(H,30,33,35);1-2H3. The third kappa shape index (κ3) is 8.59. The lowest BCUT2D eigenvalue weighted by atomic mass is 10.1. The molecule has 9 heteroatoms. The number of nitrogens with zero attached hydrogens (tertiary/aromatic N) is 4. The zero-order valence-corrected chi connectivity index (χ0v) is 24.2. The smallest absolute Gasteiger partial charge is 0.255 e. The molecule has 4 aromatic rings. The molecule has 1 amide bonds. The molecular formula is C31H39N7O2. The average molecular weight is 542 g/mol. The first-order valence-electron chi connectivity index (χ1n) is 13.4. The summed E-state index contributed by atoms with van der Waals surface area (Å²) in [6.07, 6.45) is 3.36. The van der Waals surface area contributed by atoms with Crippen LogP contribution in [0.3, 0.4) is 0 Å². The van der Waals surface area contributed by atoms with Gasteiger partial charge in [0.25, 0.3) is 5.91 Å². The second-order valence-corrected chi connectivity index (χ2v) is 9.09. The Morgan fingerprint density at radius 1 is 0.975 bits per heavy atom. The highest BCUT2D eigenvalue weighted by Crippen LogP contribution is 2.33. The molecule has 0 saturated carbocycles. The van der Waals surface area contributed by atoms with Crippen molar-refractivity contribution in [2.45, 2.75) is 27.3 Å². The van der Waals surface area contributed by atoms with Crippen molar-refractivity contribution in [3.63, 3.8) is 0 Å². The Hall–Kier alpha value is -4.34. The molecule has 0 saturated heterocycles. The number of anilines is 2. The number of aromatic nitrogens is 3. The van der Waals surface area contributed by atoms with Gasteiger partial charge in [0, 0.05) is 50.3 Å². The van der Waals surface area contributed by atoms with E-state index in [1.54, 1.807) is 19.4 Å². The van der Waals surface area contributed by atoms with Crippen molar-refractivity contribution >= 4 is 17.5 Å². The molecule has 0 radical (unpaired) electrons. The van der Waals surface area contributed by atoms with Gasteiger partial charge in [-0.1, -0.05) is 26.0 Å². The highest BCUT2D eigenvalue weighted by molar-refractivity contribution is 6.04. The van der Waals surface area contributed by atoms with Gasteiger partial charge in [-0.2, -0.15) is 0 Å². The topological polar surface area (TPSA) is 104 Å². The lowest BCUT2D eigenvalue weighted by Gasteiger charge is -2.13. The first-order chi connectivity index (χ1) is 19.4. The molecule has 0 bridgehead atoms. The van der Waals surface area contributed by atoms with Crippen molar-refractivity contribution in [3.8, 4) is 22.9 Å². The zero-order valence-electron chi connectivity index (χ0n) is 24.2. The van der Waals surface area contributed by atoms with Gasteiger partial charge in [-0.25, -0.2) is 15.0 Å². The Morgan fingerprint density at radius 3 is 2.55 bits per heavy atom. The molecule has 0 unspecified atom stereocenters. The number of carbonyl (C=O) groups is 1. The molecule has 9 nitrogen and oxygen atoms in total. The molecule has 4 rings (SSSR count). The predicted octanol–water partition coefficient (Wildman–Crippen LogP) is 5.61. The Balaban J connectivity index is 0.00000216. The third-order valence-corrected chi connectivity index (χ3v) is 5.82. The van der Waals surface area contributed by atoms with Gasteiger partial charge in [-0.05, 0) is 80.7 Å². The van der Waals surface area contributed by atoms with Crippen LogP contribution in [0.25, 0.3) is 11.3 Å². The first-order valence-corrected chi connectivity index (χ1v) is 13.4. The molecule has 0 atom stereocenters. The fourth-order valence-corrected chi connectivity index (χ4v) is 3.80. The van der Waals surface area contributed by atoms with Crippen LogP contribution < -0.4 is 20.7 Å². The van der Waals surface area contributed by atoms with Gasteiger partial charge >= 0.3 is 0 Å². The van der Waals surface area contributed by atoms with Crippen LogP contribution in [0.15, 0.2) is 73.1 Å². The van der Waals surface area contributed by atoms with Crippen LogP contribution in [0.1, 0.15) is 35.3 Å². The number of ether oxygens (including phenoxy) is 1. The fraction of sp³-hybridized carbons (Fsp3) is 0.290. The van der Waals surface area contributed by atoms with E-state index in [9.17, 15) is 4.79 Å². The molecule has 2 aromatic heterocycles. The minimum Gasteiger partial charge on any atom is -0.438 e. The molecule has 210 valence electrons. The number of hydrogen-bond donors (Lipinski definition) is 3.